The van der Waals surface area contributed by atoms with E-state index in [2.05, 4.69) is 4.99 Å². The Kier molecular flexibility index (Phi) is 4.00. The summed E-state index contributed by atoms with van der Waals surface area (Å²) in [5, 5.41) is 0. The van der Waals surface area contributed by atoms with E-state index >= 15 is 0 Å². The number of hydrogen-bond acceptors (Lipinski definition) is 3. The van der Waals surface area contributed by atoms with E-state index in [-0.39, 0.29) is 5.78 Å². The topological polar surface area (TPSA) is 38.7 Å². The second-order valence-electron chi connectivity index (χ2n) is 5.24. The largest absolute Gasteiger partial charge is 0.467 e. The fraction of sp³-hybridized carbons (Fsp3) is 0.222. The summed E-state index contributed by atoms with van der Waals surface area (Å²) in [6, 6.07) is 16.0. The Labute approximate surface area is 128 Å². The van der Waals surface area contributed by atoms with Crippen molar-refractivity contribution in [2.75, 3.05) is 6.67 Å². The molecule has 3 nitrogen and oxygen atoms in total. The fourth-order valence-electron chi connectivity index (χ4n) is 2.48. The molecule has 0 amide bonds. The first kappa shape index (κ1) is 14.4. The highest BCUT2D eigenvalue weighted by atomic mass is 19.1. The monoisotopic (exact) mass is 297 g/mol. The van der Waals surface area contributed by atoms with Crippen molar-refractivity contribution < 1.29 is 13.9 Å². The summed E-state index contributed by atoms with van der Waals surface area (Å²) >= 11 is 0. The summed E-state index contributed by atoms with van der Waals surface area (Å²) < 4.78 is 19.2. The van der Waals surface area contributed by atoms with Crippen molar-refractivity contribution in [1.29, 1.82) is 0 Å². The molecule has 22 heavy (non-hydrogen) atoms. The number of carbonyl (C=O) groups excluding carboxylic acids is 1. The third kappa shape index (κ3) is 2.77. The molecule has 0 saturated carbocycles. The third-order valence-corrected chi connectivity index (χ3v) is 3.70. The minimum Gasteiger partial charge on any atom is -0.467 e. The van der Waals surface area contributed by atoms with Crippen LogP contribution in [0.4, 0.5) is 4.39 Å². The lowest BCUT2D eigenvalue weighted by Crippen LogP contribution is -2.16. The Morgan fingerprint density at radius 3 is 2.41 bits per heavy atom. The van der Waals surface area contributed by atoms with Crippen molar-refractivity contribution in [3.05, 3.63) is 71.3 Å². The Bertz CT molecular complexity index is 695. The van der Waals surface area contributed by atoms with Gasteiger partial charge in [0, 0.05) is 11.1 Å². The van der Waals surface area contributed by atoms with Crippen LogP contribution in [0.2, 0.25) is 0 Å². The Morgan fingerprint density at radius 1 is 1.14 bits per heavy atom. The van der Waals surface area contributed by atoms with Gasteiger partial charge >= 0.3 is 0 Å². The number of carbonyl (C=O) groups is 1. The van der Waals surface area contributed by atoms with E-state index in [0.717, 1.165) is 11.1 Å². The SMILES string of the molecule is CC(=O)c1ccc(C2OC(c3ccccc3)=NC2CF)cc1. The number of benzene rings is 2. The van der Waals surface area contributed by atoms with E-state index in [1.165, 1.54) is 6.92 Å². The van der Waals surface area contributed by atoms with Crippen LogP contribution in [-0.4, -0.2) is 24.4 Å². The van der Waals surface area contributed by atoms with Crippen molar-refractivity contribution >= 4 is 11.7 Å². The lowest BCUT2D eigenvalue weighted by atomic mass is 10.0. The quantitative estimate of drug-likeness (QED) is 0.806. The summed E-state index contributed by atoms with van der Waals surface area (Å²) in [7, 11) is 0. The van der Waals surface area contributed by atoms with Crippen molar-refractivity contribution in [1.82, 2.24) is 0 Å². The van der Waals surface area contributed by atoms with Gasteiger partial charge in [-0.15, -0.1) is 0 Å². The van der Waals surface area contributed by atoms with Crippen LogP contribution in [0.25, 0.3) is 0 Å². The fourth-order valence-corrected chi connectivity index (χ4v) is 2.48. The Morgan fingerprint density at radius 2 is 1.82 bits per heavy atom. The number of hydrogen-bond donors (Lipinski definition) is 0. The second kappa shape index (κ2) is 6.10. The Hall–Kier alpha value is -2.49. The zero-order valence-electron chi connectivity index (χ0n) is 12.2. The first-order chi connectivity index (χ1) is 10.7. The molecule has 4 heteroatoms. The molecule has 2 unspecified atom stereocenters. The summed E-state index contributed by atoms with van der Waals surface area (Å²) in [6.45, 7) is 0.928. The number of ketones is 1. The number of rotatable bonds is 4. The number of alkyl halides is 1. The van der Waals surface area contributed by atoms with Crippen LogP contribution in [0.15, 0.2) is 59.6 Å². The van der Waals surface area contributed by atoms with Gasteiger partial charge in [-0.1, -0.05) is 42.5 Å². The maximum absolute atomic E-state index is 13.3. The Balaban J connectivity index is 1.85. The highest BCUT2D eigenvalue weighted by Crippen LogP contribution is 2.31. The van der Waals surface area contributed by atoms with Gasteiger partial charge in [0.25, 0.3) is 0 Å². The molecule has 2 aromatic rings. The first-order valence-corrected chi connectivity index (χ1v) is 7.16. The predicted octanol–water partition coefficient (Wildman–Crippen LogP) is 3.75. The van der Waals surface area contributed by atoms with Crippen LogP contribution < -0.4 is 0 Å². The third-order valence-electron chi connectivity index (χ3n) is 3.70. The lowest BCUT2D eigenvalue weighted by molar-refractivity contribution is 0.101. The van der Waals surface area contributed by atoms with Crippen molar-refractivity contribution in [3.8, 4) is 0 Å². The van der Waals surface area contributed by atoms with Crippen molar-refractivity contribution in [3.63, 3.8) is 0 Å². The highest BCUT2D eigenvalue weighted by Gasteiger charge is 2.32. The van der Waals surface area contributed by atoms with E-state index < -0.39 is 18.8 Å². The van der Waals surface area contributed by atoms with Crippen molar-refractivity contribution in [2.24, 2.45) is 4.99 Å². The molecule has 112 valence electrons. The van der Waals surface area contributed by atoms with E-state index in [4.69, 9.17) is 4.74 Å². The van der Waals surface area contributed by atoms with Gasteiger partial charge in [0.05, 0.1) is 0 Å². The molecule has 1 aliphatic rings. The second-order valence-corrected chi connectivity index (χ2v) is 5.24. The zero-order chi connectivity index (χ0) is 15.5. The maximum atomic E-state index is 13.3. The molecular weight excluding hydrogens is 281 g/mol. The van der Waals surface area contributed by atoms with E-state index in [9.17, 15) is 9.18 Å². The van der Waals surface area contributed by atoms with Crippen LogP contribution in [-0.2, 0) is 4.74 Å². The molecular formula is C18H16FNO2. The van der Waals surface area contributed by atoms with Gasteiger partial charge in [0.15, 0.2) is 11.9 Å². The number of halogens is 1. The molecule has 1 aliphatic heterocycles. The number of Topliss-reactive ketones (excluding diaryl/α,β-unsaturated/α-hetero) is 1. The summed E-state index contributed by atoms with van der Waals surface area (Å²) in [5.41, 5.74) is 2.29. The van der Waals surface area contributed by atoms with Crippen molar-refractivity contribution in [2.45, 2.75) is 19.1 Å². The maximum Gasteiger partial charge on any atom is 0.217 e. The van der Waals surface area contributed by atoms with Crippen LogP contribution in [0.5, 0.6) is 0 Å². The van der Waals surface area contributed by atoms with Gasteiger partial charge in [-0.25, -0.2) is 9.38 Å². The van der Waals surface area contributed by atoms with Crippen LogP contribution >= 0.6 is 0 Å². The average molecular weight is 297 g/mol. The van der Waals surface area contributed by atoms with Gasteiger partial charge in [-0.2, -0.15) is 0 Å². The van der Waals surface area contributed by atoms with Gasteiger partial charge < -0.3 is 4.74 Å². The van der Waals surface area contributed by atoms with Crippen LogP contribution in [0, 0.1) is 0 Å². The molecule has 2 aromatic carbocycles. The summed E-state index contributed by atoms with van der Waals surface area (Å²) in [6.07, 6.45) is -0.457. The number of ether oxygens (including phenoxy) is 1. The molecule has 3 rings (SSSR count). The molecule has 0 N–H and O–H groups in total. The molecule has 0 aliphatic carbocycles. The van der Waals surface area contributed by atoms with Gasteiger partial charge in [0.1, 0.15) is 12.7 Å². The number of nitrogens with zero attached hydrogens (tertiary/aromatic N) is 1. The average Bonchev–Trinajstić information content (AvgIpc) is 3.00. The molecule has 0 radical (unpaired) electrons. The molecule has 0 saturated heterocycles. The first-order valence-electron chi connectivity index (χ1n) is 7.16. The van der Waals surface area contributed by atoms with Gasteiger partial charge in [-0.05, 0) is 24.6 Å². The van der Waals surface area contributed by atoms with E-state index in [1.807, 2.05) is 30.3 Å². The highest BCUT2D eigenvalue weighted by molar-refractivity contribution is 5.95. The molecule has 0 spiro atoms. The molecule has 1 heterocycles. The summed E-state index contributed by atoms with van der Waals surface area (Å²) in [4.78, 5) is 15.7. The molecule has 0 bridgehead atoms. The standard InChI is InChI=1S/C18H16FNO2/c1-12(21)13-7-9-14(10-8-13)17-16(11-19)20-18(22-17)15-5-3-2-4-6-15/h2-10,16-17H,11H2,1H3. The van der Waals surface area contributed by atoms with Gasteiger partial charge in [0.2, 0.25) is 5.90 Å². The molecule has 0 aromatic heterocycles. The smallest absolute Gasteiger partial charge is 0.217 e. The number of aliphatic imine (C=N–C) groups is 1. The van der Waals surface area contributed by atoms with Crippen LogP contribution in [0.3, 0.4) is 0 Å². The van der Waals surface area contributed by atoms with Gasteiger partial charge in [-0.3, -0.25) is 4.79 Å². The van der Waals surface area contributed by atoms with Crippen LogP contribution in [0.1, 0.15) is 34.5 Å². The predicted molar refractivity (Wildman–Crippen MR) is 83.0 cm³/mol. The van der Waals surface area contributed by atoms with E-state index in [1.54, 1.807) is 24.3 Å². The minimum absolute atomic E-state index is 0.00200. The molecule has 2 atom stereocenters. The minimum atomic E-state index is -0.588. The van der Waals surface area contributed by atoms with E-state index in [0.29, 0.717) is 11.5 Å². The summed E-state index contributed by atoms with van der Waals surface area (Å²) in [5.74, 6) is 0.464. The lowest BCUT2D eigenvalue weighted by Gasteiger charge is -2.16. The normalized spacial score (nSPS) is 20.4. The zero-order valence-corrected chi connectivity index (χ0v) is 12.2. The molecule has 0 fully saturated rings.